The molecule has 0 bridgehead atoms. The smallest absolute Gasteiger partial charge is 0.242 e. The second-order valence-electron chi connectivity index (χ2n) is 6.20. The number of nitrogens with one attached hydrogen (secondary N) is 1. The minimum absolute atomic E-state index is 0.0895. The molecule has 1 N–H and O–H groups in total. The van der Waals surface area contributed by atoms with E-state index in [1.165, 1.54) is 0 Å². The van der Waals surface area contributed by atoms with Crippen molar-refractivity contribution in [2.24, 2.45) is 0 Å². The van der Waals surface area contributed by atoms with Gasteiger partial charge in [-0.15, -0.1) is 0 Å². The lowest BCUT2D eigenvalue weighted by atomic mass is 9.71. The molecule has 1 heterocycles. The molecule has 0 atom stereocenters. The number of amides is 2. The van der Waals surface area contributed by atoms with Gasteiger partial charge in [-0.1, -0.05) is 24.3 Å². The highest BCUT2D eigenvalue weighted by Crippen LogP contribution is 2.46. The van der Waals surface area contributed by atoms with Crippen LogP contribution in [0.5, 0.6) is 11.5 Å². The van der Waals surface area contributed by atoms with Crippen LogP contribution in [0, 0.1) is 0 Å². The molecule has 0 unspecified atom stereocenters. The van der Waals surface area contributed by atoms with Crippen LogP contribution < -0.4 is 14.8 Å². The van der Waals surface area contributed by atoms with E-state index in [-0.39, 0.29) is 18.2 Å². The Balaban J connectivity index is 2.04. The minimum Gasteiger partial charge on any atom is -0.497 e. The molecule has 126 valence electrons. The first-order valence-corrected chi connectivity index (χ1v) is 7.98. The molecule has 5 heteroatoms. The standard InChI is InChI=1S/C20H17NO4/c1-24-14-5-7-16-12(9-14)3-4-13-10-15(25-2)6-8-17(13)20(16)11-18(22)21-19(20)23/h3-10H,11H2,1-2H3,(H,21,22,23). The highest BCUT2D eigenvalue weighted by Gasteiger charge is 2.51. The van der Waals surface area contributed by atoms with Gasteiger partial charge >= 0.3 is 0 Å². The Hall–Kier alpha value is -3.08. The van der Waals surface area contributed by atoms with E-state index in [9.17, 15) is 9.59 Å². The fourth-order valence-corrected chi connectivity index (χ4v) is 3.75. The van der Waals surface area contributed by atoms with Crippen LogP contribution in [0.4, 0.5) is 0 Å². The Morgan fingerprint density at radius 2 is 1.40 bits per heavy atom. The fourth-order valence-electron chi connectivity index (χ4n) is 3.75. The van der Waals surface area contributed by atoms with Crippen molar-refractivity contribution in [3.8, 4) is 11.5 Å². The summed E-state index contributed by atoms with van der Waals surface area (Å²) in [6, 6.07) is 11.1. The highest BCUT2D eigenvalue weighted by molar-refractivity contribution is 6.12. The maximum atomic E-state index is 12.9. The Labute approximate surface area is 145 Å². The van der Waals surface area contributed by atoms with Gasteiger partial charge in [-0.25, -0.2) is 0 Å². The van der Waals surface area contributed by atoms with Gasteiger partial charge in [0.15, 0.2) is 0 Å². The molecule has 2 aromatic carbocycles. The molecule has 0 radical (unpaired) electrons. The van der Waals surface area contributed by atoms with Gasteiger partial charge in [-0.2, -0.15) is 0 Å². The average molecular weight is 335 g/mol. The third kappa shape index (κ3) is 2.16. The summed E-state index contributed by atoms with van der Waals surface area (Å²) in [6.45, 7) is 0. The van der Waals surface area contributed by atoms with Gasteiger partial charge in [0.2, 0.25) is 11.8 Å². The normalized spacial score (nSPS) is 16.9. The number of methoxy groups -OCH3 is 2. The van der Waals surface area contributed by atoms with E-state index in [0.29, 0.717) is 11.5 Å². The van der Waals surface area contributed by atoms with Crippen LogP contribution in [0.1, 0.15) is 28.7 Å². The van der Waals surface area contributed by atoms with E-state index in [1.54, 1.807) is 14.2 Å². The van der Waals surface area contributed by atoms with Gasteiger partial charge in [-0.05, 0) is 46.5 Å². The van der Waals surface area contributed by atoms with Crippen molar-refractivity contribution in [1.82, 2.24) is 5.32 Å². The van der Waals surface area contributed by atoms with Crippen molar-refractivity contribution >= 4 is 24.0 Å². The zero-order valence-electron chi connectivity index (χ0n) is 14.0. The predicted molar refractivity (Wildman–Crippen MR) is 93.5 cm³/mol. The van der Waals surface area contributed by atoms with Crippen molar-refractivity contribution in [3.63, 3.8) is 0 Å². The first kappa shape index (κ1) is 15.4. The maximum absolute atomic E-state index is 12.9. The highest BCUT2D eigenvalue weighted by atomic mass is 16.5. The van der Waals surface area contributed by atoms with Crippen LogP contribution >= 0.6 is 0 Å². The van der Waals surface area contributed by atoms with Gasteiger partial charge in [-0.3, -0.25) is 14.9 Å². The quantitative estimate of drug-likeness (QED) is 0.857. The Morgan fingerprint density at radius 3 is 1.80 bits per heavy atom. The van der Waals surface area contributed by atoms with Crippen molar-refractivity contribution < 1.29 is 19.1 Å². The maximum Gasteiger partial charge on any atom is 0.242 e. The molecule has 1 saturated heterocycles. The van der Waals surface area contributed by atoms with Crippen molar-refractivity contribution in [2.45, 2.75) is 11.8 Å². The van der Waals surface area contributed by atoms with E-state index in [4.69, 9.17) is 9.47 Å². The molecule has 2 aliphatic rings. The van der Waals surface area contributed by atoms with Crippen LogP contribution in [-0.2, 0) is 15.0 Å². The number of hydrogen-bond acceptors (Lipinski definition) is 4. The second-order valence-corrected chi connectivity index (χ2v) is 6.20. The summed E-state index contributed by atoms with van der Waals surface area (Å²) in [5.41, 5.74) is 2.29. The van der Waals surface area contributed by atoms with Crippen molar-refractivity contribution in [1.29, 1.82) is 0 Å². The van der Waals surface area contributed by atoms with Gasteiger partial charge in [0, 0.05) is 6.42 Å². The van der Waals surface area contributed by atoms with Crippen LogP contribution in [0.25, 0.3) is 12.2 Å². The monoisotopic (exact) mass is 335 g/mol. The molecule has 1 aliphatic carbocycles. The lowest BCUT2D eigenvalue weighted by Gasteiger charge is -2.29. The van der Waals surface area contributed by atoms with Crippen LogP contribution in [0.15, 0.2) is 36.4 Å². The van der Waals surface area contributed by atoms with Crippen molar-refractivity contribution in [3.05, 3.63) is 58.7 Å². The molecule has 25 heavy (non-hydrogen) atoms. The van der Waals surface area contributed by atoms with E-state index in [1.807, 2.05) is 48.6 Å². The fraction of sp³-hybridized carbons (Fsp3) is 0.200. The summed E-state index contributed by atoms with van der Waals surface area (Å²) in [7, 11) is 3.20. The van der Waals surface area contributed by atoms with E-state index in [2.05, 4.69) is 5.32 Å². The van der Waals surface area contributed by atoms with Crippen LogP contribution in [-0.4, -0.2) is 26.0 Å². The number of imide groups is 1. The molecular formula is C20H17NO4. The van der Waals surface area contributed by atoms with Gasteiger partial charge in [0.05, 0.1) is 14.2 Å². The number of benzene rings is 2. The first-order valence-electron chi connectivity index (χ1n) is 7.98. The molecule has 5 nitrogen and oxygen atoms in total. The number of rotatable bonds is 2. The Bertz CT molecular complexity index is 872. The average Bonchev–Trinajstić information content (AvgIpc) is 2.85. The third-order valence-corrected chi connectivity index (χ3v) is 4.95. The summed E-state index contributed by atoms with van der Waals surface area (Å²) in [4.78, 5) is 25.0. The Kier molecular flexibility index (Phi) is 3.39. The number of hydrogen-bond donors (Lipinski definition) is 1. The molecular weight excluding hydrogens is 318 g/mol. The number of carbonyl (C=O) groups is 2. The Morgan fingerprint density at radius 1 is 0.880 bits per heavy atom. The molecule has 2 aromatic rings. The summed E-state index contributed by atoms with van der Waals surface area (Å²) < 4.78 is 10.6. The molecule has 0 aromatic heterocycles. The van der Waals surface area contributed by atoms with Crippen LogP contribution in [0.2, 0.25) is 0 Å². The number of fused-ring (bicyclic) bond motifs is 4. The zero-order valence-corrected chi connectivity index (χ0v) is 14.0. The van der Waals surface area contributed by atoms with Gasteiger partial charge in [0.25, 0.3) is 0 Å². The van der Waals surface area contributed by atoms with Crippen LogP contribution in [0.3, 0.4) is 0 Å². The SMILES string of the molecule is COc1ccc2c(c1)C=Cc1cc(OC)ccc1C21CC(=O)NC1=O. The molecule has 1 spiro atoms. The molecule has 4 rings (SSSR count). The number of ether oxygens (including phenoxy) is 2. The lowest BCUT2D eigenvalue weighted by Crippen LogP contribution is -2.37. The number of carbonyl (C=O) groups excluding carboxylic acids is 2. The predicted octanol–water partition coefficient (Wildman–Crippen LogP) is 2.52. The first-order chi connectivity index (χ1) is 12.1. The molecule has 1 fully saturated rings. The second kappa shape index (κ2) is 5.48. The van der Waals surface area contributed by atoms with E-state index < -0.39 is 5.41 Å². The topological polar surface area (TPSA) is 64.6 Å². The van der Waals surface area contributed by atoms with E-state index >= 15 is 0 Å². The van der Waals surface area contributed by atoms with Gasteiger partial charge < -0.3 is 9.47 Å². The summed E-state index contributed by atoms with van der Waals surface area (Å²) >= 11 is 0. The summed E-state index contributed by atoms with van der Waals surface area (Å²) in [5.74, 6) is 0.841. The molecule has 2 amide bonds. The molecule has 0 saturated carbocycles. The minimum atomic E-state index is -1.04. The largest absolute Gasteiger partial charge is 0.497 e. The van der Waals surface area contributed by atoms with Gasteiger partial charge in [0.1, 0.15) is 16.9 Å². The molecule has 1 aliphatic heterocycles. The van der Waals surface area contributed by atoms with Crippen molar-refractivity contribution in [2.75, 3.05) is 14.2 Å². The summed E-state index contributed by atoms with van der Waals surface area (Å²) in [6.07, 6.45) is 3.98. The zero-order chi connectivity index (χ0) is 17.6. The summed E-state index contributed by atoms with van der Waals surface area (Å²) in [5, 5.41) is 2.48. The van der Waals surface area contributed by atoms with E-state index in [0.717, 1.165) is 22.3 Å². The third-order valence-electron chi connectivity index (χ3n) is 4.95. The lowest BCUT2D eigenvalue weighted by molar-refractivity contribution is -0.125.